The Morgan fingerprint density at radius 3 is 2.58 bits per heavy atom. The smallest absolute Gasteiger partial charge is 0.311 e. The van der Waals surface area contributed by atoms with E-state index < -0.39 is 4.92 Å². The fourth-order valence-corrected chi connectivity index (χ4v) is 3.91. The molecule has 0 spiro atoms. The van der Waals surface area contributed by atoms with E-state index >= 15 is 0 Å². The van der Waals surface area contributed by atoms with E-state index in [9.17, 15) is 10.1 Å². The SMILES string of the molecule is Cc1ccc(-n2cc(-c3nccs3)nc2-c2ccc(Nc3ncccc3[N+](=O)[O-])cc2)cn1. The van der Waals surface area contributed by atoms with Crippen LogP contribution in [0.4, 0.5) is 17.2 Å². The monoisotopic (exact) mass is 455 g/mol. The number of benzene rings is 1. The first-order chi connectivity index (χ1) is 16.1. The quantitative estimate of drug-likeness (QED) is 0.269. The zero-order valence-electron chi connectivity index (χ0n) is 17.4. The molecule has 5 rings (SSSR count). The molecule has 0 aliphatic heterocycles. The summed E-state index contributed by atoms with van der Waals surface area (Å²) in [6.45, 7) is 1.94. The highest BCUT2D eigenvalue weighted by atomic mass is 32.1. The van der Waals surface area contributed by atoms with Crippen LogP contribution in [0, 0.1) is 17.0 Å². The highest BCUT2D eigenvalue weighted by Crippen LogP contribution is 2.30. The molecule has 10 heteroatoms. The van der Waals surface area contributed by atoms with E-state index in [-0.39, 0.29) is 11.5 Å². The van der Waals surface area contributed by atoms with E-state index in [2.05, 4.69) is 20.3 Å². The molecule has 1 N–H and O–H groups in total. The van der Waals surface area contributed by atoms with Gasteiger partial charge in [0.05, 0.1) is 16.8 Å². The van der Waals surface area contributed by atoms with E-state index in [1.54, 1.807) is 6.20 Å². The molecular formula is C23H17N7O2S. The Morgan fingerprint density at radius 1 is 1.03 bits per heavy atom. The number of nitrogens with zero attached hydrogens (tertiary/aromatic N) is 6. The van der Waals surface area contributed by atoms with Crippen LogP contribution in [0.3, 0.4) is 0 Å². The number of anilines is 2. The van der Waals surface area contributed by atoms with Crippen molar-refractivity contribution in [1.29, 1.82) is 0 Å². The molecule has 5 aromatic rings. The molecule has 0 saturated heterocycles. The minimum absolute atomic E-state index is 0.0860. The van der Waals surface area contributed by atoms with Crippen LogP contribution in [-0.2, 0) is 0 Å². The summed E-state index contributed by atoms with van der Waals surface area (Å²) in [4.78, 5) is 28.5. The number of nitrogens with one attached hydrogen (secondary N) is 1. The molecule has 162 valence electrons. The number of imidazole rings is 1. The molecule has 0 aliphatic carbocycles. The largest absolute Gasteiger partial charge is 0.334 e. The lowest BCUT2D eigenvalue weighted by Gasteiger charge is -2.09. The van der Waals surface area contributed by atoms with Crippen LogP contribution in [0.15, 0.2) is 78.7 Å². The van der Waals surface area contributed by atoms with Crippen LogP contribution in [0.25, 0.3) is 27.8 Å². The molecule has 0 unspecified atom stereocenters. The van der Waals surface area contributed by atoms with Gasteiger partial charge in [-0.1, -0.05) is 0 Å². The summed E-state index contributed by atoms with van der Waals surface area (Å²) in [6.07, 6.45) is 7.02. The van der Waals surface area contributed by atoms with Gasteiger partial charge in [-0.3, -0.25) is 19.7 Å². The van der Waals surface area contributed by atoms with Gasteiger partial charge >= 0.3 is 5.69 Å². The molecule has 1 aromatic carbocycles. The van der Waals surface area contributed by atoms with Gasteiger partial charge in [0.1, 0.15) is 16.5 Å². The number of nitro groups is 1. The first-order valence-corrected chi connectivity index (χ1v) is 10.9. The second-order valence-corrected chi connectivity index (χ2v) is 8.04. The molecule has 0 radical (unpaired) electrons. The summed E-state index contributed by atoms with van der Waals surface area (Å²) >= 11 is 1.52. The lowest BCUT2D eigenvalue weighted by Crippen LogP contribution is -2.00. The average molecular weight is 456 g/mol. The average Bonchev–Trinajstić information content (AvgIpc) is 3.51. The molecule has 0 bridgehead atoms. The van der Waals surface area contributed by atoms with Gasteiger partial charge < -0.3 is 5.32 Å². The second kappa shape index (κ2) is 8.60. The minimum Gasteiger partial charge on any atom is -0.334 e. The van der Waals surface area contributed by atoms with Crippen LogP contribution >= 0.6 is 11.3 Å². The topological polar surface area (TPSA) is 112 Å². The molecule has 0 atom stereocenters. The Bertz CT molecular complexity index is 1410. The molecular weight excluding hydrogens is 438 g/mol. The van der Waals surface area contributed by atoms with Gasteiger partial charge in [-0.05, 0) is 49.4 Å². The third-order valence-corrected chi connectivity index (χ3v) is 5.72. The van der Waals surface area contributed by atoms with Gasteiger partial charge in [0.15, 0.2) is 0 Å². The predicted octanol–water partition coefficient (Wildman–Crippen LogP) is 5.41. The van der Waals surface area contributed by atoms with Crippen molar-refractivity contribution in [2.75, 3.05) is 5.32 Å². The lowest BCUT2D eigenvalue weighted by molar-refractivity contribution is -0.384. The summed E-state index contributed by atoms with van der Waals surface area (Å²) in [5.41, 5.74) is 4.05. The van der Waals surface area contributed by atoms with Crippen LogP contribution in [0.1, 0.15) is 5.69 Å². The Balaban J connectivity index is 1.51. The fourth-order valence-electron chi connectivity index (χ4n) is 3.32. The van der Waals surface area contributed by atoms with Gasteiger partial charge in [0.2, 0.25) is 5.82 Å². The Kier molecular flexibility index (Phi) is 5.33. The van der Waals surface area contributed by atoms with E-state index in [1.165, 1.54) is 29.7 Å². The maximum Gasteiger partial charge on any atom is 0.311 e. The summed E-state index contributed by atoms with van der Waals surface area (Å²) in [6, 6.07) is 14.4. The summed E-state index contributed by atoms with van der Waals surface area (Å²) in [5, 5.41) is 17.0. The van der Waals surface area contributed by atoms with Crippen LogP contribution in [-0.4, -0.2) is 29.4 Å². The van der Waals surface area contributed by atoms with Crippen LogP contribution in [0.5, 0.6) is 0 Å². The third kappa shape index (κ3) is 4.19. The Hall–Kier alpha value is -4.44. The minimum atomic E-state index is -0.462. The molecule has 33 heavy (non-hydrogen) atoms. The number of aromatic nitrogens is 5. The number of rotatable bonds is 6. The van der Waals surface area contributed by atoms with Gasteiger partial charge in [-0.15, -0.1) is 11.3 Å². The molecule has 4 heterocycles. The number of thiazole rings is 1. The van der Waals surface area contributed by atoms with Gasteiger partial charge in [-0.2, -0.15) is 0 Å². The second-order valence-electron chi connectivity index (χ2n) is 7.15. The van der Waals surface area contributed by atoms with Gasteiger partial charge in [-0.25, -0.2) is 15.0 Å². The first kappa shape index (κ1) is 20.5. The molecule has 0 saturated carbocycles. The van der Waals surface area contributed by atoms with Crippen molar-refractivity contribution >= 4 is 28.5 Å². The standard InChI is InChI=1S/C23H17N7O2S/c1-15-4-9-18(13-26-15)29-14-19(23-25-11-12-33-23)28-22(29)16-5-7-17(8-6-16)27-21-20(30(31)32)3-2-10-24-21/h2-14H,1H3,(H,24,27). The Labute approximate surface area is 192 Å². The summed E-state index contributed by atoms with van der Waals surface area (Å²) < 4.78 is 1.98. The van der Waals surface area contributed by atoms with E-state index in [4.69, 9.17) is 4.98 Å². The number of hydrogen-bond acceptors (Lipinski definition) is 8. The van der Waals surface area contributed by atoms with Crippen LogP contribution < -0.4 is 5.32 Å². The number of aryl methyl sites for hydroxylation is 1. The molecule has 4 aromatic heterocycles. The third-order valence-electron chi connectivity index (χ3n) is 4.92. The number of hydrogen-bond donors (Lipinski definition) is 1. The maximum absolute atomic E-state index is 11.2. The van der Waals surface area contributed by atoms with Crippen LogP contribution in [0.2, 0.25) is 0 Å². The molecule has 0 amide bonds. The van der Waals surface area contributed by atoms with Crippen molar-refractivity contribution in [2.45, 2.75) is 6.92 Å². The van der Waals surface area contributed by atoms with E-state index in [0.29, 0.717) is 5.69 Å². The van der Waals surface area contributed by atoms with E-state index in [1.807, 2.05) is 65.7 Å². The molecule has 0 fully saturated rings. The van der Waals surface area contributed by atoms with Crippen molar-refractivity contribution < 1.29 is 4.92 Å². The molecule has 9 nitrogen and oxygen atoms in total. The predicted molar refractivity (Wildman–Crippen MR) is 127 cm³/mol. The highest BCUT2D eigenvalue weighted by molar-refractivity contribution is 7.13. The van der Waals surface area contributed by atoms with Gasteiger partial charge in [0.25, 0.3) is 0 Å². The van der Waals surface area contributed by atoms with Crippen molar-refractivity contribution in [2.24, 2.45) is 0 Å². The normalized spacial score (nSPS) is 10.8. The highest BCUT2D eigenvalue weighted by Gasteiger charge is 2.16. The number of pyridine rings is 2. The summed E-state index contributed by atoms with van der Waals surface area (Å²) in [7, 11) is 0. The van der Waals surface area contributed by atoms with Crippen molar-refractivity contribution in [3.05, 3.63) is 94.5 Å². The van der Waals surface area contributed by atoms with Crippen molar-refractivity contribution in [3.63, 3.8) is 0 Å². The Morgan fingerprint density at radius 2 is 1.88 bits per heavy atom. The first-order valence-electron chi connectivity index (χ1n) is 9.97. The zero-order valence-corrected chi connectivity index (χ0v) is 18.2. The van der Waals surface area contributed by atoms with Crippen molar-refractivity contribution in [3.8, 4) is 27.8 Å². The lowest BCUT2D eigenvalue weighted by atomic mass is 10.2. The maximum atomic E-state index is 11.2. The molecule has 0 aliphatic rings. The van der Waals surface area contributed by atoms with Crippen molar-refractivity contribution in [1.82, 2.24) is 24.5 Å². The summed E-state index contributed by atoms with van der Waals surface area (Å²) in [5.74, 6) is 0.926. The van der Waals surface area contributed by atoms with Gasteiger partial charge in [0, 0.05) is 47.0 Å². The van der Waals surface area contributed by atoms with E-state index in [0.717, 1.165) is 33.5 Å². The fraction of sp³-hybridized carbons (Fsp3) is 0.0435. The zero-order chi connectivity index (χ0) is 22.8.